The zero-order valence-electron chi connectivity index (χ0n) is 15.2. The quantitative estimate of drug-likeness (QED) is 0.231. The largest absolute Gasteiger partial charge is 0.311 e. The molecule has 3 heteroatoms. The predicted octanol–water partition coefficient (Wildman–Crippen LogP) is 4.18. The van der Waals surface area contributed by atoms with Crippen LogP contribution in [0, 0.1) is 6.42 Å². The molecule has 0 aliphatic heterocycles. The minimum absolute atomic E-state index is 0.921. The number of nitrogens with one attached hydrogen (secondary N) is 1. The van der Waals surface area contributed by atoms with E-state index in [4.69, 9.17) is 0 Å². The molecule has 23 heavy (non-hydrogen) atoms. The van der Waals surface area contributed by atoms with E-state index in [0.717, 1.165) is 30.2 Å². The molecule has 0 bridgehead atoms. The summed E-state index contributed by atoms with van der Waals surface area (Å²) in [5, 5.41) is 3.60. The van der Waals surface area contributed by atoms with Crippen LogP contribution in [0.4, 0.5) is 0 Å². The second-order valence-corrected chi connectivity index (χ2v) is 7.52. The van der Waals surface area contributed by atoms with Crippen molar-refractivity contribution < 1.29 is 4.48 Å². The molecule has 1 aliphatic carbocycles. The molecule has 0 atom stereocenters. The number of hydrogen-bond acceptors (Lipinski definition) is 1. The molecule has 0 aromatic rings. The van der Waals surface area contributed by atoms with Gasteiger partial charge in [-0.25, -0.2) is 0 Å². The molecule has 0 saturated carbocycles. The average molecular weight is 332 g/mol. The number of allylic oxidation sites excluding steroid dienone is 5. The van der Waals surface area contributed by atoms with Crippen LogP contribution in [0.1, 0.15) is 44.9 Å². The molecule has 1 aliphatic rings. The summed E-state index contributed by atoms with van der Waals surface area (Å²) in [7, 11) is 8.06. The van der Waals surface area contributed by atoms with Crippen molar-refractivity contribution >= 4 is 10.2 Å². The Morgan fingerprint density at radius 3 is 2.35 bits per heavy atom. The number of nitrogens with zero attached hydrogens (tertiary/aromatic N) is 1. The van der Waals surface area contributed by atoms with E-state index < -0.39 is 0 Å². The second kappa shape index (κ2) is 12.6. The van der Waals surface area contributed by atoms with Crippen molar-refractivity contribution in [2.24, 2.45) is 0 Å². The normalized spacial score (nSPS) is 16.0. The summed E-state index contributed by atoms with van der Waals surface area (Å²) < 4.78 is 0.921. The third-order valence-corrected chi connectivity index (χ3v) is 4.55. The Bertz CT molecular complexity index is 383. The van der Waals surface area contributed by atoms with E-state index in [1.165, 1.54) is 50.5 Å². The molecule has 127 valence electrons. The Kier molecular flexibility index (Phi) is 11.1. The van der Waals surface area contributed by atoms with Crippen LogP contribution in [0.2, 0.25) is 6.04 Å². The number of hydrogen-bond donors (Lipinski definition) is 1. The summed E-state index contributed by atoms with van der Waals surface area (Å²) in [6.07, 6.45) is 22.5. The average Bonchev–Trinajstić information content (AvgIpc) is 2.53. The Hall–Kier alpha value is -0.773. The van der Waals surface area contributed by atoms with Crippen molar-refractivity contribution in [2.45, 2.75) is 51.0 Å². The van der Waals surface area contributed by atoms with E-state index in [1.54, 1.807) is 0 Å². The van der Waals surface area contributed by atoms with Gasteiger partial charge in [-0.3, -0.25) is 4.48 Å². The number of likely N-dealkylation sites (N-methyl/N-ethyl adjacent to an activating group) is 1. The van der Waals surface area contributed by atoms with Gasteiger partial charge in [0.1, 0.15) is 12.1 Å². The molecule has 2 nitrogen and oxygen atoms in total. The molecule has 3 radical (unpaired) electrons. The smallest absolute Gasteiger partial charge is 0.177 e. The van der Waals surface area contributed by atoms with Crippen molar-refractivity contribution in [3.05, 3.63) is 42.5 Å². The molecule has 0 aromatic carbocycles. The molecular weight excluding hydrogens is 296 g/mol. The number of unbranched alkanes of at least 4 members (excludes halogenated alkanes) is 6. The molecule has 0 unspecified atom stereocenters. The standard InChI is InChI=1S/C20H35N2Si/c1-22(2,19-20-13-9-8-10-14-20)17-16-21-15-11-6-4-3-5-7-12-18-23/h8-10,13-14,19,21H,3-7,11-12,15-18H2,1-2H3/q+2. The summed E-state index contributed by atoms with van der Waals surface area (Å²) in [6.45, 7) is 3.37. The maximum atomic E-state index is 3.60. The predicted molar refractivity (Wildman–Crippen MR) is 103 cm³/mol. The van der Waals surface area contributed by atoms with Crippen molar-refractivity contribution in [2.75, 3.05) is 33.7 Å². The van der Waals surface area contributed by atoms with E-state index in [0.29, 0.717) is 0 Å². The minimum atomic E-state index is 0.921. The highest BCUT2D eigenvalue weighted by molar-refractivity contribution is 6.08. The Morgan fingerprint density at radius 1 is 1.00 bits per heavy atom. The molecule has 0 fully saturated rings. The summed E-state index contributed by atoms with van der Waals surface area (Å²) >= 11 is 0. The third kappa shape index (κ3) is 11.4. The summed E-state index contributed by atoms with van der Waals surface area (Å²) in [6, 6.07) is 1.15. The Morgan fingerprint density at radius 2 is 1.70 bits per heavy atom. The molecule has 0 spiro atoms. The van der Waals surface area contributed by atoms with Crippen molar-refractivity contribution in [3.63, 3.8) is 0 Å². The van der Waals surface area contributed by atoms with Gasteiger partial charge >= 0.3 is 0 Å². The van der Waals surface area contributed by atoms with Gasteiger partial charge in [0, 0.05) is 47.5 Å². The number of quaternary nitrogens is 1. The van der Waals surface area contributed by atoms with Crippen LogP contribution >= 0.6 is 0 Å². The second-order valence-electron chi connectivity index (χ2n) is 7.02. The monoisotopic (exact) mass is 331 g/mol. The van der Waals surface area contributed by atoms with Gasteiger partial charge in [0.05, 0.1) is 14.1 Å². The van der Waals surface area contributed by atoms with Crippen LogP contribution in [-0.2, 0) is 0 Å². The summed E-state index contributed by atoms with van der Waals surface area (Å²) in [5.74, 6) is 0. The molecule has 1 N–H and O–H groups in total. The molecule has 0 amide bonds. The third-order valence-electron chi connectivity index (χ3n) is 4.19. The van der Waals surface area contributed by atoms with E-state index in [2.05, 4.69) is 66.6 Å². The molecule has 1 rings (SSSR count). The lowest BCUT2D eigenvalue weighted by molar-refractivity contribution is -0.837. The van der Waals surface area contributed by atoms with E-state index in [9.17, 15) is 0 Å². The maximum Gasteiger partial charge on any atom is 0.177 e. The molecule has 0 heterocycles. The lowest BCUT2D eigenvalue weighted by Gasteiger charge is -2.23. The lowest BCUT2D eigenvalue weighted by atomic mass is 10.1. The lowest BCUT2D eigenvalue weighted by Crippen LogP contribution is -2.40. The van der Waals surface area contributed by atoms with Gasteiger partial charge in [0.25, 0.3) is 0 Å². The van der Waals surface area contributed by atoms with Gasteiger partial charge < -0.3 is 5.32 Å². The van der Waals surface area contributed by atoms with Gasteiger partial charge in [-0.15, -0.1) is 0 Å². The highest BCUT2D eigenvalue weighted by Gasteiger charge is 2.17. The van der Waals surface area contributed by atoms with Crippen molar-refractivity contribution in [3.8, 4) is 0 Å². The first-order chi connectivity index (χ1) is 11.1. The highest BCUT2D eigenvalue weighted by Crippen LogP contribution is 2.12. The first-order valence-electron chi connectivity index (χ1n) is 9.23. The van der Waals surface area contributed by atoms with Crippen LogP contribution in [-0.4, -0.2) is 48.5 Å². The topological polar surface area (TPSA) is 12.0 Å². The van der Waals surface area contributed by atoms with E-state index in [1.807, 2.05) is 0 Å². The van der Waals surface area contributed by atoms with Gasteiger partial charge in [0.15, 0.2) is 6.20 Å². The fourth-order valence-electron chi connectivity index (χ4n) is 2.76. The zero-order valence-corrected chi connectivity index (χ0v) is 16.2. The minimum Gasteiger partial charge on any atom is -0.311 e. The first kappa shape index (κ1) is 20.3. The molecular formula is C20H35N2Si+2. The molecule has 0 aromatic heterocycles. The van der Waals surface area contributed by atoms with Gasteiger partial charge in [-0.2, -0.15) is 0 Å². The zero-order chi connectivity index (χ0) is 16.8. The van der Waals surface area contributed by atoms with Gasteiger partial charge in [-0.1, -0.05) is 44.6 Å². The van der Waals surface area contributed by atoms with Crippen LogP contribution in [0.25, 0.3) is 0 Å². The first-order valence-corrected chi connectivity index (χ1v) is 9.94. The van der Waals surface area contributed by atoms with Crippen LogP contribution in [0.3, 0.4) is 0 Å². The Labute approximate surface area is 147 Å². The van der Waals surface area contributed by atoms with Crippen molar-refractivity contribution in [1.29, 1.82) is 0 Å². The van der Waals surface area contributed by atoms with E-state index >= 15 is 0 Å². The number of rotatable bonds is 13. The summed E-state index contributed by atoms with van der Waals surface area (Å²) in [5.41, 5.74) is 1.30. The highest BCUT2D eigenvalue weighted by atomic mass is 28.1. The van der Waals surface area contributed by atoms with Crippen LogP contribution in [0.15, 0.2) is 36.1 Å². The molecule has 0 saturated heterocycles. The maximum absolute atomic E-state index is 3.60. The van der Waals surface area contributed by atoms with Crippen molar-refractivity contribution in [1.82, 2.24) is 5.32 Å². The van der Waals surface area contributed by atoms with E-state index in [-0.39, 0.29) is 0 Å². The van der Waals surface area contributed by atoms with Crippen LogP contribution in [0.5, 0.6) is 0 Å². The Balaban J connectivity index is 1.97. The van der Waals surface area contributed by atoms with Crippen LogP contribution < -0.4 is 5.32 Å². The SMILES string of the molecule is C[N+](C)(C=C1C=CC=C[CH+]1)CCNCCCCCCCCC[Si]. The summed E-state index contributed by atoms with van der Waals surface area (Å²) in [4.78, 5) is 0. The van der Waals surface area contributed by atoms with Gasteiger partial charge in [-0.05, 0) is 13.0 Å². The fourth-order valence-corrected chi connectivity index (χ4v) is 3.01. The fraction of sp³-hybridized carbons (Fsp3) is 0.650. The van der Waals surface area contributed by atoms with Gasteiger partial charge in [0.2, 0.25) is 0 Å².